The standard InChI is InChI=1S/C11H10OS/c1-8-6-10(7-13-8)9-2-4-11(12)5-3-9/h2-7,12H,1H3. The van der Waals surface area contributed by atoms with Crippen molar-refractivity contribution in [2.75, 3.05) is 0 Å². The van der Waals surface area contributed by atoms with Crippen molar-refractivity contribution in [3.05, 3.63) is 40.6 Å². The Bertz CT molecular complexity index is 400. The van der Waals surface area contributed by atoms with Crippen LogP contribution in [0.25, 0.3) is 11.1 Å². The Balaban J connectivity index is 2.41. The third kappa shape index (κ3) is 1.73. The van der Waals surface area contributed by atoms with Gasteiger partial charge in [0.1, 0.15) is 5.75 Å². The minimum Gasteiger partial charge on any atom is -0.508 e. The summed E-state index contributed by atoms with van der Waals surface area (Å²) in [6, 6.07) is 9.43. The Labute approximate surface area is 81.3 Å². The molecule has 2 heteroatoms. The van der Waals surface area contributed by atoms with Crippen LogP contribution in [0.2, 0.25) is 0 Å². The van der Waals surface area contributed by atoms with Gasteiger partial charge in [-0.25, -0.2) is 0 Å². The first-order chi connectivity index (χ1) is 6.25. The van der Waals surface area contributed by atoms with Crippen LogP contribution in [0, 0.1) is 6.92 Å². The third-order valence-corrected chi connectivity index (χ3v) is 2.79. The Morgan fingerprint density at radius 2 is 1.77 bits per heavy atom. The van der Waals surface area contributed by atoms with Crippen molar-refractivity contribution in [2.24, 2.45) is 0 Å². The predicted molar refractivity (Wildman–Crippen MR) is 56.2 cm³/mol. The number of aromatic hydroxyl groups is 1. The number of aryl methyl sites for hydroxylation is 1. The van der Waals surface area contributed by atoms with E-state index in [1.165, 1.54) is 10.4 Å². The first-order valence-corrected chi connectivity index (χ1v) is 4.98. The van der Waals surface area contributed by atoms with Crippen LogP contribution in [-0.4, -0.2) is 5.11 Å². The monoisotopic (exact) mass is 190 g/mol. The number of hydrogen-bond acceptors (Lipinski definition) is 2. The lowest BCUT2D eigenvalue weighted by Gasteiger charge is -1.96. The molecule has 0 aliphatic rings. The maximum Gasteiger partial charge on any atom is 0.115 e. The van der Waals surface area contributed by atoms with Gasteiger partial charge in [-0.15, -0.1) is 11.3 Å². The largest absolute Gasteiger partial charge is 0.508 e. The fraction of sp³-hybridized carbons (Fsp3) is 0.0909. The van der Waals surface area contributed by atoms with E-state index in [-0.39, 0.29) is 0 Å². The van der Waals surface area contributed by atoms with E-state index in [0.29, 0.717) is 5.75 Å². The number of rotatable bonds is 1. The summed E-state index contributed by atoms with van der Waals surface area (Å²) in [5.74, 6) is 0.315. The van der Waals surface area contributed by atoms with Crippen molar-refractivity contribution in [3.8, 4) is 16.9 Å². The van der Waals surface area contributed by atoms with Crippen LogP contribution in [0.5, 0.6) is 5.75 Å². The lowest BCUT2D eigenvalue weighted by atomic mass is 10.1. The van der Waals surface area contributed by atoms with Crippen LogP contribution in [0.1, 0.15) is 4.88 Å². The zero-order valence-electron chi connectivity index (χ0n) is 7.32. The molecule has 0 spiro atoms. The Kier molecular flexibility index (Phi) is 2.07. The average Bonchev–Trinajstić information content (AvgIpc) is 2.53. The van der Waals surface area contributed by atoms with E-state index in [9.17, 15) is 0 Å². The molecule has 0 aliphatic carbocycles. The molecule has 2 rings (SSSR count). The SMILES string of the molecule is Cc1cc(-c2ccc(O)cc2)cs1. The Hall–Kier alpha value is -1.28. The molecule has 0 radical (unpaired) electrons. The molecule has 13 heavy (non-hydrogen) atoms. The molecule has 0 aliphatic heterocycles. The van der Waals surface area contributed by atoms with Crippen molar-refractivity contribution in [1.82, 2.24) is 0 Å². The molecule has 0 unspecified atom stereocenters. The van der Waals surface area contributed by atoms with Crippen molar-refractivity contribution in [1.29, 1.82) is 0 Å². The van der Waals surface area contributed by atoms with E-state index in [0.717, 1.165) is 5.56 Å². The summed E-state index contributed by atoms with van der Waals surface area (Å²) in [6.07, 6.45) is 0. The lowest BCUT2D eigenvalue weighted by Crippen LogP contribution is -1.71. The van der Waals surface area contributed by atoms with E-state index in [2.05, 4.69) is 18.4 Å². The first kappa shape index (κ1) is 8.32. The van der Waals surface area contributed by atoms with Gasteiger partial charge in [0, 0.05) is 4.88 Å². The zero-order chi connectivity index (χ0) is 9.26. The molecule has 0 atom stereocenters. The van der Waals surface area contributed by atoms with Crippen LogP contribution >= 0.6 is 11.3 Å². The van der Waals surface area contributed by atoms with Gasteiger partial charge in [0.15, 0.2) is 0 Å². The summed E-state index contributed by atoms with van der Waals surface area (Å²) in [4.78, 5) is 1.31. The molecule has 0 fully saturated rings. The van der Waals surface area contributed by atoms with Crippen molar-refractivity contribution >= 4 is 11.3 Å². The zero-order valence-corrected chi connectivity index (χ0v) is 8.14. The molecule has 66 valence electrons. The van der Waals surface area contributed by atoms with E-state index in [1.807, 2.05) is 12.1 Å². The highest BCUT2D eigenvalue weighted by Crippen LogP contribution is 2.26. The molecule has 1 nitrogen and oxygen atoms in total. The van der Waals surface area contributed by atoms with Crippen LogP contribution in [0.15, 0.2) is 35.7 Å². The number of thiophene rings is 1. The van der Waals surface area contributed by atoms with Crippen molar-refractivity contribution < 1.29 is 5.11 Å². The molecular weight excluding hydrogens is 180 g/mol. The second-order valence-corrected chi connectivity index (χ2v) is 4.11. The van der Waals surface area contributed by atoms with E-state index < -0.39 is 0 Å². The van der Waals surface area contributed by atoms with Gasteiger partial charge in [0.2, 0.25) is 0 Å². The Morgan fingerprint density at radius 1 is 1.08 bits per heavy atom. The van der Waals surface area contributed by atoms with Crippen LogP contribution in [-0.2, 0) is 0 Å². The van der Waals surface area contributed by atoms with Gasteiger partial charge < -0.3 is 5.11 Å². The van der Waals surface area contributed by atoms with Gasteiger partial charge in [-0.2, -0.15) is 0 Å². The number of phenolic OH excluding ortho intramolecular Hbond substituents is 1. The van der Waals surface area contributed by atoms with Gasteiger partial charge in [0.25, 0.3) is 0 Å². The maximum atomic E-state index is 9.11. The molecule has 1 N–H and O–H groups in total. The average molecular weight is 190 g/mol. The molecule has 0 saturated heterocycles. The highest BCUT2D eigenvalue weighted by Gasteiger charge is 1.99. The molecule has 0 amide bonds. The normalized spacial score (nSPS) is 10.2. The van der Waals surface area contributed by atoms with Crippen molar-refractivity contribution in [2.45, 2.75) is 6.92 Å². The maximum absolute atomic E-state index is 9.11. The summed E-state index contributed by atoms with van der Waals surface area (Å²) in [5, 5.41) is 11.2. The molecule has 0 bridgehead atoms. The molecule has 1 heterocycles. The van der Waals surface area contributed by atoms with Gasteiger partial charge >= 0.3 is 0 Å². The summed E-state index contributed by atoms with van der Waals surface area (Å²) in [5.41, 5.74) is 2.38. The van der Waals surface area contributed by atoms with Crippen molar-refractivity contribution in [3.63, 3.8) is 0 Å². The predicted octanol–water partition coefficient (Wildman–Crippen LogP) is 3.43. The fourth-order valence-corrected chi connectivity index (χ4v) is 1.96. The minimum absolute atomic E-state index is 0.315. The highest BCUT2D eigenvalue weighted by molar-refractivity contribution is 7.10. The minimum atomic E-state index is 0.315. The van der Waals surface area contributed by atoms with Gasteiger partial charge in [-0.1, -0.05) is 12.1 Å². The lowest BCUT2D eigenvalue weighted by molar-refractivity contribution is 0.475. The van der Waals surface area contributed by atoms with E-state index in [4.69, 9.17) is 5.11 Å². The number of benzene rings is 1. The second kappa shape index (κ2) is 3.23. The summed E-state index contributed by atoms with van der Waals surface area (Å²) >= 11 is 1.74. The number of hydrogen-bond donors (Lipinski definition) is 1. The quantitative estimate of drug-likeness (QED) is 0.730. The smallest absolute Gasteiger partial charge is 0.115 e. The Morgan fingerprint density at radius 3 is 2.31 bits per heavy atom. The summed E-state index contributed by atoms with van der Waals surface area (Å²) < 4.78 is 0. The van der Waals surface area contributed by atoms with Gasteiger partial charge in [-0.3, -0.25) is 0 Å². The second-order valence-electron chi connectivity index (χ2n) is 2.99. The topological polar surface area (TPSA) is 20.2 Å². The van der Waals surface area contributed by atoms with Crippen LogP contribution in [0.4, 0.5) is 0 Å². The van der Waals surface area contributed by atoms with Gasteiger partial charge in [-0.05, 0) is 41.6 Å². The molecule has 0 saturated carbocycles. The molecule has 2 aromatic rings. The number of phenols is 1. The van der Waals surface area contributed by atoms with E-state index >= 15 is 0 Å². The van der Waals surface area contributed by atoms with Gasteiger partial charge in [0.05, 0.1) is 0 Å². The highest BCUT2D eigenvalue weighted by atomic mass is 32.1. The summed E-state index contributed by atoms with van der Waals surface area (Å²) in [7, 11) is 0. The summed E-state index contributed by atoms with van der Waals surface area (Å²) in [6.45, 7) is 2.09. The van der Waals surface area contributed by atoms with Crippen LogP contribution in [0.3, 0.4) is 0 Å². The van der Waals surface area contributed by atoms with E-state index in [1.54, 1.807) is 23.5 Å². The molecular formula is C11H10OS. The fourth-order valence-electron chi connectivity index (χ4n) is 1.25. The molecule has 1 aromatic heterocycles. The molecule has 1 aromatic carbocycles. The third-order valence-electron chi connectivity index (χ3n) is 1.93. The van der Waals surface area contributed by atoms with Crippen LogP contribution < -0.4 is 0 Å². The first-order valence-electron chi connectivity index (χ1n) is 4.10.